The molecule has 0 spiro atoms. The number of H-pyrrole nitrogens is 2. The Balaban J connectivity index is 1.37. The van der Waals surface area contributed by atoms with E-state index in [0.29, 0.717) is 19.5 Å². The molecule has 2 aromatic carbocycles. The van der Waals surface area contributed by atoms with Gasteiger partial charge in [-0.2, -0.15) is 0 Å². The van der Waals surface area contributed by atoms with E-state index in [-0.39, 0.29) is 17.6 Å². The Kier molecular flexibility index (Phi) is 3.97. The zero-order valence-electron chi connectivity index (χ0n) is 15.8. The monoisotopic (exact) mass is 375 g/mol. The minimum atomic E-state index is -0.245. The highest BCUT2D eigenvalue weighted by molar-refractivity contribution is 5.87. The summed E-state index contributed by atoms with van der Waals surface area (Å²) in [5.74, 6) is -0.199. The van der Waals surface area contributed by atoms with Crippen molar-refractivity contribution in [3.05, 3.63) is 71.3 Å². The van der Waals surface area contributed by atoms with E-state index in [1.165, 1.54) is 17.0 Å². The summed E-state index contributed by atoms with van der Waals surface area (Å²) in [6.45, 7) is 3.23. The number of hydrogen-bond acceptors (Lipinski definition) is 1. The lowest BCUT2D eigenvalue weighted by molar-refractivity contribution is -0.135. The molecule has 142 valence electrons. The summed E-state index contributed by atoms with van der Waals surface area (Å²) in [6, 6.07) is 13.0. The number of aromatic nitrogens is 2. The largest absolute Gasteiger partial charge is 0.361 e. The third-order valence-corrected chi connectivity index (χ3v) is 5.87. The lowest BCUT2D eigenvalue weighted by Gasteiger charge is -2.29. The number of hydrogen-bond donors (Lipinski definition) is 2. The zero-order chi connectivity index (χ0) is 19.3. The smallest absolute Gasteiger partial charge is 0.226 e. The number of carbonyl (C=O) groups excluding carboxylic acids is 1. The van der Waals surface area contributed by atoms with E-state index in [4.69, 9.17) is 0 Å². The highest BCUT2D eigenvalue weighted by atomic mass is 19.1. The Labute approximate surface area is 162 Å². The number of amides is 1. The number of aromatic amines is 2. The lowest BCUT2D eigenvalue weighted by Crippen LogP contribution is -2.39. The molecule has 0 saturated heterocycles. The van der Waals surface area contributed by atoms with Crippen LogP contribution in [0.1, 0.15) is 23.7 Å². The Hall–Kier alpha value is -3.08. The second-order valence-corrected chi connectivity index (χ2v) is 7.75. The summed E-state index contributed by atoms with van der Waals surface area (Å²) in [4.78, 5) is 21.7. The number of nitrogens with one attached hydrogen (secondary N) is 2. The summed E-state index contributed by atoms with van der Waals surface area (Å²) in [5.41, 5.74) is 5.37. The van der Waals surface area contributed by atoms with Crippen LogP contribution in [0, 0.1) is 11.7 Å². The van der Waals surface area contributed by atoms with Gasteiger partial charge in [-0.25, -0.2) is 4.39 Å². The van der Waals surface area contributed by atoms with Gasteiger partial charge < -0.3 is 14.9 Å². The molecule has 1 atom stereocenters. The van der Waals surface area contributed by atoms with Crippen LogP contribution in [-0.2, 0) is 24.2 Å². The van der Waals surface area contributed by atoms with Crippen molar-refractivity contribution in [1.82, 2.24) is 14.9 Å². The first-order valence-corrected chi connectivity index (χ1v) is 9.73. The molecule has 28 heavy (non-hydrogen) atoms. The van der Waals surface area contributed by atoms with Crippen molar-refractivity contribution in [2.45, 2.75) is 26.3 Å². The topological polar surface area (TPSA) is 51.9 Å². The van der Waals surface area contributed by atoms with Crippen LogP contribution in [0.2, 0.25) is 0 Å². The molecule has 5 rings (SSSR count). The average Bonchev–Trinajstić information content (AvgIpc) is 3.28. The number of halogens is 1. The van der Waals surface area contributed by atoms with E-state index in [9.17, 15) is 9.18 Å². The lowest BCUT2D eigenvalue weighted by atomic mass is 9.97. The van der Waals surface area contributed by atoms with Gasteiger partial charge in [0.2, 0.25) is 5.91 Å². The van der Waals surface area contributed by atoms with E-state index < -0.39 is 0 Å². The highest BCUT2D eigenvalue weighted by Crippen LogP contribution is 2.29. The first-order valence-electron chi connectivity index (χ1n) is 9.73. The molecule has 1 aliphatic rings. The van der Waals surface area contributed by atoms with Crippen LogP contribution >= 0.6 is 0 Å². The minimum absolute atomic E-state index is 0.109. The van der Waals surface area contributed by atoms with Gasteiger partial charge in [-0.3, -0.25) is 4.79 Å². The Morgan fingerprint density at radius 2 is 2.04 bits per heavy atom. The maximum Gasteiger partial charge on any atom is 0.226 e. The summed E-state index contributed by atoms with van der Waals surface area (Å²) in [7, 11) is 0. The molecular weight excluding hydrogens is 353 g/mol. The van der Waals surface area contributed by atoms with Crippen molar-refractivity contribution in [1.29, 1.82) is 0 Å². The van der Waals surface area contributed by atoms with Crippen LogP contribution in [0.3, 0.4) is 0 Å². The van der Waals surface area contributed by atoms with Crippen LogP contribution in [0.4, 0.5) is 4.39 Å². The second-order valence-electron chi connectivity index (χ2n) is 7.75. The second kappa shape index (κ2) is 6.51. The Morgan fingerprint density at radius 3 is 2.93 bits per heavy atom. The van der Waals surface area contributed by atoms with Crippen LogP contribution in [-0.4, -0.2) is 27.3 Å². The van der Waals surface area contributed by atoms with Gasteiger partial charge in [0, 0.05) is 64.7 Å². The highest BCUT2D eigenvalue weighted by Gasteiger charge is 2.27. The van der Waals surface area contributed by atoms with Crippen molar-refractivity contribution >= 4 is 27.7 Å². The van der Waals surface area contributed by atoms with Crippen LogP contribution in [0.25, 0.3) is 21.8 Å². The summed E-state index contributed by atoms with van der Waals surface area (Å²) < 4.78 is 13.7. The number of carbonyl (C=O) groups is 1. The molecule has 2 N–H and O–H groups in total. The number of rotatable bonds is 3. The fraction of sp³-hybridized carbons (Fsp3) is 0.261. The van der Waals surface area contributed by atoms with Gasteiger partial charge in [-0.1, -0.05) is 25.1 Å². The molecule has 1 unspecified atom stereocenters. The van der Waals surface area contributed by atoms with Gasteiger partial charge >= 0.3 is 0 Å². The molecule has 0 radical (unpaired) electrons. The maximum atomic E-state index is 13.7. The molecule has 3 heterocycles. The number of nitrogens with zero attached hydrogens (tertiary/aromatic N) is 1. The first-order chi connectivity index (χ1) is 13.6. The number of benzene rings is 2. The van der Waals surface area contributed by atoms with Gasteiger partial charge in [0.15, 0.2) is 0 Å². The molecule has 4 aromatic rings. The molecule has 4 nitrogen and oxygen atoms in total. The molecular formula is C23H22FN3O. The average molecular weight is 375 g/mol. The molecule has 0 saturated carbocycles. The normalized spacial score (nSPS) is 15.1. The van der Waals surface area contributed by atoms with Gasteiger partial charge in [0.05, 0.1) is 0 Å². The SMILES string of the molecule is CC(Cc1c[nH]c2ccccc12)C(=O)N1CCc2[nH]c3ccc(F)cc3c2C1. The Bertz CT molecular complexity index is 1190. The fourth-order valence-electron chi connectivity index (χ4n) is 4.40. The fourth-order valence-corrected chi connectivity index (χ4v) is 4.40. The standard InChI is InChI=1S/C23H22FN3O/c1-14(10-15-12-25-20-5-3-2-4-17(15)20)23(28)27-9-8-22-19(13-27)18-11-16(24)6-7-21(18)26-22/h2-7,11-12,14,25-26H,8-10,13H2,1H3. The molecule has 0 fully saturated rings. The Morgan fingerprint density at radius 1 is 1.18 bits per heavy atom. The maximum absolute atomic E-state index is 13.7. The third kappa shape index (κ3) is 2.78. The number of para-hydroxylation sites is 1. The molecule has 1 amide bonds. The predicted octanol–water partition coefficient (Wildman–Crippen LogP) is 4.55. The predicted molar refractivity (Wildman–Crippen MR) is 109 cm³/mol. The van der Waals surface area contributed by atoms with Crippen molar-refractivity contribution < 1.29 is 9.18 Å². The first kappa shape index (κ1) is 17.0. The van der Waals surface area contributed by atoms with E-state index in [1.54, 1.807) is 12.1 Å². The van der Waals surface area contributed by atoms with Gasteiger partial charge in [0.25, 0.3) is 0 Å². The van der Waals surface area contributed by atoms with Crippen LogP contribution < -0.4 is 0 Å². The molecule has 1 aliphatic heterocycles. The summed E-state index contributed by atoms with van der Waals surface area (Å²) in [6.07, 6.45) is 3.48. The molecule has 0 bridgehead atoms. The quantitative estimate of drug-likeness (QED) is 0.542. The van der Waals surface area contributed by atoms with Gasteiger partial charge in [-0.05, 0) is 36.2 Å². The van der Waals surface area contributed by atoms with E-state index in [0.717, 1.165) is 34.1 Å². The molecule has 0 aliphatic carbocycles. The van der Waals surface area contributed by atoms with Crippen molar-refractivity contribution in [3.8, 4) is 0 Å². The minimum Gasteiger partial charge on any atom is -0.361 e. The van der Waals surface area contributed by atoms with E-state index >= 15 is 0 Å². The zero-order valence-corrected chi connectivity index (χ0v) is 15.8. The van der Waals surface area contributed by atoms with Gasteiger partial charge in [-0.15, -0.1) is 0 Å². The third-order valence-electron chi connectivity index (χ3n) is 5.87. The summed E-state index contributed by atoms with van der Waals surface area (Å²) >= 11 is 0. The van der Waals surface area contributed by atoms with Gasteiger partial charge in [0.1, 0.15) is 5.82 Å². The van der Waals surface area contributed by atoms with Crippen LogP contribution in [0.5, 0.6) is 0 Å². The van der Waals surface area contributed by atoms with Crippen molar-refractivity contribution in [2.24, 2.45) is 5.92 Å². The van der Waals surface area contributed by atoms with Crippen molar-refractivity contribution in [2.75, 3.05) is 6.54 Å². The summed E-state index contributed by atoms with van der Waals surface area (Å²) in [5, 5.41) is 2.06. The van der Waals surface area contributed by atoms with Crippen LogP contribution in [0.15, 0.2) is 48.7 Å². The number of fused-ring (bicyclic) bond motifs is 4. The van der Waals surface area contributed by atoms with E-state index in [2.05, 4.69) is 16.0 Å². The molecule has 2 aromatic heterocycles. The van der Waals surface area contributed by atoms with Crippen molar-refractivity contribution in [3.63, 3.8) is 0 Å². The molecule has 5 heteroatoms. The van der Waals surface area contributed by atoms with E-state index in [1.807, 2.05) is 36.2 Å².